The molecule has 2 aromatic rings. The van der Waals surface area contributed by atoms with Crippen LogP contribution in [0.15, 0.2) is 6.33 Å². The number of nitrogens with zero attached hydrogens (tertiary/aromatic N) is 4. The number of imidazole rings is 1. The third-order valence-electron chi connectivity index (χ3n) is 3.66. The number of halogens is 1. The van der Waals surface area contributed by atoms with E-state index in [2.05, 4.69) is 15.0 Å². The van der Waals surface area contributed by atoms with Crippen molar-refractivity contribution in [2.24, 2.45) is 0 Å². The van der Waals surface area contributed by atoms with Crippen molar-refractivity contribution >= 4 is 40.7 Å². The molecule has 2 N–H and O–H groups in total. The van der Waals surface area contributed by atoms with Gasteiger partial charge in [-0.1, -0.05) is 11.6 Å². The number of nitrogens with two attached hydrogens (primary N) is 1. The summed E-state index contributed by atoms with van der Waals surface area (Å²) in [6.45, 7) is 2.56. The lowest BCUT2D eigenvalue weighted by Gasteiger charge is -2.17. The quantitative estimate of drug-likeness (QED) is 0.615. The highest BCUT2D eigenvalue weighted by atomic mass is 35.5. The molecule has 3 atom stereocenters. The summed E-state index contributed by atoms with van der Waals surface area (Å²) in [6, 6.07) is 0. The second kappa shape index (κ2) is 6.81. The third kappa shape index (κ3) is 3.64. The van der Waals surface area contributed by atoms with Crippen LogP contribution in [0.25, 0.3) is 11.2 Å². The van der Waals surface area contributed by atoms with E-state index in [1.54, 1.807) is 4.57 Å². The van der Waals surface area contributed by atoms with Crippen LogP contribution in [0.5, 0.6) is 0 Å². The number of carbonyl (C=O) groups excluding carboxylic acids is 2. The van der Waals surface area contributed by atoms with Gasteiger partial charge in [-0.15, -0.1) is 0 Å². The minimum atomic E-state index is -0.607. The second-order valence-corrected chi connectivity index (χ2v) is 5.87. The van der Waals surface area contributed by atoms with E-state index < -0.39 is 30.4 Å². The van der Waals surface area contributed by atoms with Gasteiger partial charge >= 0.3 is 11.9 Å². The summed E-state index contributed by atoms with van der Waals surface area (Å²) in [4.78, 5) is 34.5. The van der Waals surface area contributed by atoms with Crippen molar-refractivity contribution in [1.82, 2.24) is 19.5 Å². The van der Waals surface area contributed by atoms with Gasteiger partial charge in [0, 0.05) is 20.3 Å². The van der Waals surface area contributed by atoms with Gasteiger partial charge in [-0.25, -0.2) is 4.98 Å². The summed E-state index contributed by atoms with van der Waals surface area (Å²) in [5.41, 5.74) is 6.42. The summed E-state index contributed by atoms with van der Waals surface area (Å²) in [5.74, 6) is -0.897. The Bertz CT molecular complexity index is 825. The lowest BCUT2D eigenvalue weighted by molar-refractivity contribution is -0.155. The average Bonchev–Trinajstić information content (AvgIpc) is 3.08. The van der Waals surface area contributed by atoms with E-state index in [1.807, 2.05) is 0 Å². The highest BCUT2D eigenvalue weighted by Gasteiger charge is 2.40. The van der Waals surface area contributed by atoms with Gasteiger partial charge < -0.3 is 19.9 Å². The predicted molar refractivity (Wildman–Crippen MR) is 85.5 cm³/mol. The zero-order valence-corrected chi connectivity index (χ0v) is 14.3. The van der Waals surface area contributed by atoms with Crippen LogP contribution in [0.1, 0.15) is 26.5 Å². The molecule has 0 spiro atoms. The van der Waals surface area contributed by atoms with Crippen molar-refractivity contribution in [3.05, 3.63) is 11.5 Å². The second-order valence-electron chi connectivity index (χ2n) is 5.51. The first kappa shape index (κ1) is 17.4. The molecular weight excluding hydrogens is 354 g/mol. The normalized spacial score (nSPS) is 22.9. The molecule has 3 heterocycles. The highest BCUT2D eigenvalue weighted by molar-refractivity contribution is 6.33. The molecule has 0 aliphatic carbocycles. The van der Waals surface area contributed by atoms with Crippen molar-refractivity contribution < 1.29 is 23.8 Å². The summed E-state index contributed by atoms with van der Waals surface area (Å²) >= 11 is 6.02. The topological polar surface area (TPSA) is 131 Å². The zero-order valence-electron chi connectivity index (χ0n) is 13.5. The molecule has 0 amide bonds. The summed E-state index contributed by atoms with van der Waals surface area (Å²) in [7, 11) is 0. The van der Waals surface area contributed by atoms with Crippen molar-refractivity contribution in [2.45, 2.75) is 38.7 Å². The monoisotopic (exact) mass is 369 g/mol. The first-order valence-corrected chi connectivity index (χ1v) is 7.84. The Morgan fingerprint density at radius 2 is 2.16 bits per heavy atom. The molecule has 1 aliphatic heterocycles. The molecule has 3 unspecified atom stereocenters. The first-order chi connectivity index (χ1) is 11.8. The molecule has 10 nitrogen and oxygen atoms in total. The number of aromatic nitrogens is 4. The summed E-state index contributed by atoms with van der Waals surface area (Å²) in [5, 5.41) is 0.132. The van der Waals surface area contributed by atoms with Crippen molar-refractivity contribution in [2.75, 3.05) is 12.3 Å². The van der Waals surface area contributed by atoms with Crippen LogP contribution in [0.4, 0.5) is 5.95 Å². The number of fused-ring (bicyclic) bond motifs is 1. The van der Waals surface area contributed by atoms with Crippen LogP contribution in [0.3, 0.4) is 0 Å². The van der Waals surface area contributed by atoms with Gasteiger partial charge in [-0.05, 0) is 0 Å². The number of anilines is 1. The largest absolute Gasteiger partial charge is 0.463 e. The maximum atomic E-state index is 11.3. The van der Waals surface area contributed by atoms with Gasteiger partial charge in [0.05, 0.1) is 6.33 Å². The maximum absolute atomic E-state index is 11.3. The van der Waals surface area contributed by atoms with Crippen LogP contribution in [-0.4, -0.2) is 50.3 Å². The molecule has 1 saturated heterocycles. The van der Waals surface area contributed by atoms with Crippen LogP contribution in [0, 0.1) is 0 Å². The van der Waals surface area contributed by atoms with E-state index in [-0.39, 0.29) is 17.7 Å². The van der Waals surface area contributed by atoms with E-state index in [4.69, 9.17) is 31.5 Å². The fraction of sp³-hybridized carbons (Fsp3) is 0.500. The Hall–Kier alpha value is -2.46. The van der Waals surface area contributed by atoms with Crippen LogP contribution in [0.2, 0.25) is 5.15 Å². The minimum absolute atomic E-state index is 0.00486. The smallest absolute Gasteiger partial charge is 0.303 e. The Balaban J connectivity index is 1.87. The van der Waals surface area contributed by atoms with Gasteiger partial charge in [0.2, 0.25) is 5.95 Å². The van der Waals surface area contributed by atoms with Gasteiger partial charge in [0.15, 0.2) is 10.8 Å². The fourth-order valence-corrected chi connectivity index (χ4v) is 2.89. The maximum Gasteiger partial charge on any atom is 0.303 e. The molecule has 0 saturated carbocycles. The molecule has 1 fully saturated rings. The van der Waals surface area contributed by atoms with Gasteiger partial charge in [-0.3, -0.25) is 14.2 Å². The SMILES string of the molecule is CC(=O)OCC1OC(n2cnc3c(Cl)nc(N)nc32)CC1OC(C)=O. The predicted octanol–water partition coefficient (Wildman–Crippen LogP) is 0.844. The van der Waals surface area contributed by atoms with Gasteiger partial charge in [0.1, 0.15) is 30.6 Å². The van der Waals surface area contributed by atoms with Crippen molar-refractivity contribution in [3.63, 3.8) is 0 Å². The highest BCUT2D eigenvalue weighted by Crippen LogP contribution is 2.33. The van der Waals surface area contributed by atoms with Crippen LogP contribution < -0.4 is 5.73 Å². The van der Waals surface area contributed by atoms with E-state index >= 15 is 0 Å². The number of hydrogen-bond donors (Lipinski definition) is 1. The number of rotatable bonds is 4. The molecule has 0 radical (unpaired) electrons. The van der Waals surface area contributed by atoms with E-state index in [0.717, 1.165) is 0 Å². The number of nitrogen functional groups attached to an aromatic ring is 1. The van der Waals surface area contributed by atoms with E-state index in [9.17, 15) is 9.59 Å². The third-order valence-corrected chi connectivity index (χ3v) is 3.92. The zero-order chi connectivity index (χ0) is 18.1. The Morgan fingerprint density at radius 1 is 1.40 bits per heavy atom. The molecule has 0 aromatic carbocycles. The van der Waals surface area contributed by atoms with E-state index in [0.29, 0.717) is 17.6 Å². The Kier molecular flexibility index (Phi) is 4.73. The molecular formula is C14H16ClN5O5. The molecule has 25 heavy (non-hydrogen) atoms. The standard InChI is InChI=1S/C14H16ClN5O5/c1-6(21)23-4-9-8(24-7(2)22)3-10(25-9)20-5-17-11-12(15)18-14(16)19-13(11)20/h5,8-10H,3-4H2,1-2H3,(H2,16,18,19). The van der Waals surface area contributed by atoms with Crippen LogP contribution >= 0.6 is 11.6 Å². The lowest BCUT2D eigenvalue weighted by atomic mass is 10.2. The summed E-state index contributed by atoms with van der Waals surface area (Å²) < 4.78 is 17.8. The van der Waals surface area contributed by atoms with Gasteiger partial charge in [-0.2, -0.15) is 9.97 Å². The lowest BCUT2D eigenvalue weighted by Crippen LogP contribution is -2.31. The van der Waals surface area contributed by atoms with Crippen LogP contribution in [-0.2, 0) is 23.8 Å². The van der Waals surface area contributed by atoms with Crippen molar-refractivity contribution in [1.29, 1.82) is 0 Å². The number of carbonyl (C=O) groups is 2. The molecule has 1 aliphatic rings. The fourth-order valence-electron chi connectivity index (χ4n) is 2.67. The Morgan fingerprint density at radius 3 is 2.84 bits per heavy atom. The number of esters is 2. The average molecular weight is 370 g/mol. The minimum Gasteiger partial charge on any atom is -0.463 e. The van der Waals surface area contributed by atoms with E-state index in [1.165, 1.54) is 20.2 Å². The molecule has 134 valence electrons. The summed E-state index contributed by atoms with van der Waals surface area (Å²) in [6.07, 6.45) is 0.103. The first-order valence-electron chi connectivity index (χ1n) is 7.46. The number of hydrogen-bond acceptors (Lipinski definition) is 9. The number of ether oxygens (including phenoxy) is 3. The molecule has 11 heteroatoms. The van der Waals surface area contributed by atoms with Gasteiger partial charge in [0.25, 0.3) is 0 Å². The molecule has 0 bridgehead atoms. The molecule has 3 rings (SSSR count). The Labute approximate surface area is 147 Å². The van der Waals surface area contributed by atoms with Crippen molar-refractivity contribution in [3.8, 4) is 0 Å². The molecule has 2 aromatic heterocycles.